The number of hydrogen-bond donors (Lipinski definition) is 1. The van der Waals surface area contributed by atoms with Crippen molar-refractivity contribution in [3.8, 4) is 5.75 Å². The van der Waals surface area contributed by atoms with Crippen molar-refractivity contribution in [2.24, 2.45) is 5.92 Å². The van der Waals surface area contributed by atoms with Gasteiger partial charge in [0.2, 0.25) is 0 Å². The van der Waals surface area contributed by atoms with Gasteiger partial charge in [-0.3, -0.25) is 0 Å². The average molecular weight is 275 g/mol. The van der Waals surface area contributed by atoms with Gasteiger partial charge in [0.05, 0.1) is 18.2 Å². The Hall–Kier alpha value is -0.440. The molecule has 17 heavy (non-hydrogen) atoms. The van der Waals surface area contributed by atoms with E-state index in [1.54, 1.807) is 12.1 Å². The maximum atomic E-state index is 9.26. The summed E-state index contributed by atoms with van der Waals surface area (Å²) in [5.74, 6) is 1.19. The number of rotatable bonds is 4. The van der Waals surface area contributed by atoms with Crippen LogP contribution in [0.5, 0.6) is 5.75 Å². The number of aliphatic hydroxyl groups is 1. The highest BCUT2D eigenvalue weighted by Crippen LogP contribution is 2.34. The third-order valence-corrected chi connectivity index (χ3v) is 3.69. The zero-order valence-corrected chi connectivity index (χ0v) is 11.1. The van der Waals surface area contributed by atoms with Crippen molar-refractivity contribution in [1.82, 2.24) is 0 Å². The number of ether oxygens (including phenoxy) is 1. The van der Waals surface area contributed by atoms with Gasteiger partial charge in [-0.15, -0.1) is 0 Å². The summed E-state index contributed by atoms with van der Waals surface area (Å²) in [6, 6.07) is 3.34. The highest BCUT2D eigenvalue weighted by Gasteiger charge is 2.17. The van der Waals surface area contributed by atoms with Crippen LogP contribution in [0.3, 0.4) is 0 Å². The Morgan fingerprint density at radius 3 is 2.59 bits per heavy atom. The smallest absolute Gasteiger partial charge is 0.143 e. The van der Waals surface area contributed by atoms with E-state index in [0.29, 0.717) is 33.9 Å². The second kappa shape index (κ2) is 5.94. The van der Waals surface area contributed by atoms with Crippen molar-refractivity contribution in [1.29, 1.82) is 0 Å². The molecule has 0 bridgehead atoms. The highest BCUT2D eigenvalue weighted by molar-refractivity contribution is 6.35. The Labute approximate surface area is 111 Å². The van der Waals surface area contributed by atoms with E-state index >= 15 is 0 Å². The number of hydrogen-bond acceptors (Lipinski definition) is 2. The van der Waals surface area contributed by atoms with Crippen molar-refractivity contribution in [2.45, 2.75) is 32.3 Å². The molecule has 2 nitrogen and oxygen atoms in total. The minimum atomic E-state index is -0.111. The number of aliphatic hydroxyl groups excluding tert-OH is 1. The van der Waals surface area contributed by atoms with Crippen LogP contribution in [0.25, 0.3) is 0 Å². The summed E-state index contributed by atoms with van der Waals surface area (Å²) in [6.45, 7) is 0.564. The molecular formula is C13H16Cl2O2. The molecular weight excluding hydrogens is 259 g/mol. The quantitative estimate of drug-likeness (QED) is 0.898. The highest BCUT2D eigenvalue weighted by atomic mass is 35.5. The van der Waals surface area contributed by atoms with Gasteiger partial charge in [0.1, 0.15) is 5.75 Å². The molecule has 0 atom stereocenters. The molecule has 0 spiro atoms. The molecule has 0 radical (unpaired) electrons. The van der Waals surface area contributed by atoms with E-state index in [1.165, 1.54) is 25.7 Å². The maximum Gasteiger partial charge on any atom is 0.143 e. The number of benzene rings is 1. The van der Waals surface area contributed by atoms with E-state index in [2.05, 4.69) is 0 Å². The molecule has 1 N–H and O–H groups in total. The molecule has 1 aliphatic rings. The van der Waals surface area contributed by atoms with Crippen molar-refractivity contribution < 1.29 is 9.84 Å². The zero-order valence-electron chi connectivity index (χ0n) is 9.59. The Balaban J connectivity index is 2.08. The third kappa shape index (κ3) is 3.27. The monoisotopic (exact) mass is 274 g/mol. The summed E-state index contributed by atoms with van der Waals surface area (Å²) >= 11 is 12.0. The van der Waals surface area contributed by atoms with Crippen LogP contribution in [0, 0.1) is 5.92 Å². The van der Waals surface area contributed by atoms with E-state index in [0.717, 1.165) is 0 Å². The molecule has 0 aliphatic heterocycles. The zero-order chi connectivity index (χ0) is 12.3. The van der Waals surface area contributed by atoms with Crippen molar-refractivity contribution >= 4 is 23.2 Å². The average Bonchev–Trinajstić information content (AvgIpc) is 2.79. The molecule has 94 valence electrons. The Bertz CT molecular complexity index is 387. The lowest BCUT2D eigenvalue weighted by Crippen LogP contribution is -2.09. The molecule has 2 rings (SSSR count). The fourth-order valence-corrected chi connectivity index (χ4v) is 2.86. The molecule has 0 unspecified atom stereocenters. The van der Waals surface area contributed by atoms with E-state index < -0.39 is 0 Å². The topological polar surface area (TPSA) is 29.5 Å². The van der Waals surface area contributed by atoms with Crippen molar-refractivity contribution in [3.05, 3.63) is 27.7 Å². The molecule has 0 amide bonds. The first-order valence-corrected chi connectivity index (χ1v) is 6.68. The van der Waals surface area contributed by atoms with Crippen LogP contribution in [0.1, 0.15) is 31.2 Å². The van der Waals surface area contributed by atoms with Crippen LogP contribution in [0.4, 0.5) is 0 Å². The van der Waals surface area contributed by atoms with Gasteiger partial charge in [0.15, 0.2) is 0 Å². The molecule has 1 aliphatic carbocycles. The van der Waals surface area contributed by atoms with Gasteiger partial charge in [-0.25, -0.2) is 0 Å². The fraction of sp³-hybridized carbons (Fsp3) is 0.538. The van der Waals surface area contributed by atoms with Gasteiger partial charge in [-0.1, -0.05) is 36.0 Å². The minimum absolute atomic E-state index is 0.111. The third-order valence-electron chi connectivity index (χ3n) is 3.19. The first-order chi connectivity index (χ1) is 8.20. The minimum Gasteiger partial charge on any atom is -0.491 e. The standard InChI is InChI=1S/C13H16Cl2O2/c14-11-5-10(7-16)13(12(15)6-11)17-8-9-3-1-2-4-9/h5-6,9,16H,1-4,7-8H2. The summed E-state index contributed by atoms with van der Waals surface area (Å²) in [5, 5.41) is 10.3. The molecule has 0 aromatic heterocycles. The Morgan fingerprint density at radius 2 is 1.94 bits per heavy atom. The van der Waals surface area contributed by atoms with Gasteiger partial charge in [-0.05, 0) is 30.9 Å². The van der Waals surface area contributed by atoms with Gasteiger partial charge in [0, 0.05) is 10.6 Å². The van der Waals surface area contributed by atoms with Crippen molar-refractivity contribution in [3.63, 3.8) is 0 Å². The van der Waals surface area contributed by atoms with Gasteiger partial charge in [0.25, 0.3) is 0 Å². The molecule has 1 fully saturated rings. The predicted octanol–water partition coefficient (Wildman–Crippen LogP) is 4.05. The predicted molar refractivity (Wildman–Crippen MR) is 69.8 cm³/mol. The number of halogens is 2. The van der Waals surface area contributed by atoms with Crippen LogP contribution in [-0.4, -0.2) is 11.7 Å². The van der Waals surface area contributed by atoms with Gasteiger partial charge < -0.3 is 9.84 Å². The summed E-state index contributed by atoms with van der Waals surface area (Å²) < 4.78 is 5.75. The van der Waals surface area contributed by atoms with E-state index in [-0.39, 0.29) is 6.61 Å². The van der Waals surface area contributed by atoms with Crippen LogP contribution < -0.4 is 4.74 Å². The molecule has 4 heteroatoms. The van der Waals surface area contributed by atoms with Gasteiger partial charge in [-0.2, -0.15) is 0 Å². The lowest BCUT2D eigenvalue weighted by Gasteiger charge is -2.15. The van der Waals surface area contributed by atoms with E-state index in [4.69, 9.17) is 27.9 Å². The first-order valence-electron chi connectivity index (χ1n) is 5.92. The molecule has 1 aromatic rings. The Morgan fingerprint density at radius 1 is 1.24 bits per heavy atom. The first kappa shape index (κ1) is 13.0. The molecule has 1 saturated carbocycles. The largest absolute Gasteiger partial charge is 0.491 e. The van der Waals surface area contributed by atoms with Crippen LogP contribution >= 0.6 is 23.2 Å². The molecule has 1 aromatic carbocycles. The summed E-state index contributed by atoms with van der Waals surface area (Å²) in [5.41, 5.74) is 0.653. The lowest BCUT2D eigenvalue weighted by molar-refractivity contribution is 0.235. The SMILES string of the molecule is OCc1cc(Cl)cc(Cl)c1OCC1CCCC1. The summed E-state index contributed by atoms with van der Waals surface area (Å²) in [6.07, 6.45) is 5.02. The van der Waals surface area contributed by atoms with Crippen molar-refractivity contribution in [2.75, 3.05) is 6.61 Å². The lowest BCUT2D eigenvalue weighted by atomic mass is 10.1. The second-order valence-corrected chi connectivity index (χ2v) is 5.34. The van der Waals surface area contributed by atoms with E-state index in [1.807, 2.05) is 0 Å². The normalized spacial score (nSPS) is 16.4. The van der Waals surface area contributed by atoms with Gasteiger partial charge >= 0.3 is 0 Å². The molecule has 0 heterocycles. The van der Waals surface area contributed by atoms with Crippen LogP contribution in [0.2, 0.25) is 10.0 Å². The maximum absolute atomic E-state index is 9.26. The van der Waals surface area contributed by atoms with E-state index in [9.17, 15) is 5.11 Å². The molecule has 0 saturated heterocycles. The second-order valence-electron chi connectivity index (χ2n) is 4.50. The fourth-order valence-electron chi connectivity index (χ4n) is 2.27. The van der Waals surface area contributed by atoms with Crippen LogP contribution in [-0.2, 0) is 6.61 Å². The van der Waals surface area contributed by atoms with Crippen LogP contribution in [0.15, 0.2) is 12.1 Å². The summed E-state index contributed by atoms with van der Waals surface area (Å²) in [4.78, 5) is 0. The Kier molecular flexibility index (Phi) is 4.55. The summed E-state index contributed by atoms with van der Waals surface area (Å²) in [7, 11) is 0.